The van der Waals surface area contributed by atoms with Gasteiger partial charge < -0.3 is 4.90 Å². The molecule has 3 nitrogen and oxygen atoms in total. The number of hydrogen-bond acceptors (Lipinski definition) is 2. The van der Waals surface area contributed by atoms with Gasteiger partial charge in [0.25, 0.3) is 0 Å². The second-order valence-corrected chi connectivity index (χ2v) is 4.27. The highest BCUT2D eigenvalue weighted by atomic mass is 16.2. The van der Waals surface area contributed by atoms with E-state index in [4.69, 9.17) is 0 Å². The smallest absolute Gasteiger partial charge is 0.242 e. The quantitative estimate of drug-likeness (QED) is 0.638. The first-order valence-electron chi connectivity index (χ1n) is 5.00. The standard InChI is InChI=1S/C10H20N2O/c1-5-6-12-8-7-11(4)10(2,3)9(12)13/h5-8H2,1-4H3. The van der Waals surface area contributed by atoms with E-state index in [1.807, 2.05) is 25.8 Å². The fourth-order valence-corrected chi connectivity index (χ4v) is 1.69. The van der Waals surface area contributed by atoms with Crippen LogP contribution >= 0.6 is 0 Å². The van der Waals surface area contributed by atoms with Crippen LogP contribution in [-0.2, 0) is 4.79 Å². The van der Waals surface area contributed by atoms with Crippen LogP contribution in [0.3, 0.4) is 0 Å². The minimum atomic E-state index is -0.312. The Balaban J connectivity index is 2.70. The summed E-state index contributed by atoms with van der Waals surface area (Å²) in [6.07, 6.45) is 1.05. The second-order valence-electron chi connectivity index (χ2n) is 4.27. The lowest BCUT2D eigenvalue weighted by Crippen LogP contribution is -2.61. The summed E-state index contributed by atoms with van der Waals surface area (Å²) in [5, 5.41) is 0. The molecule has 1 rings (SSSR count). The Morgan fingerprint density at radius 2 is 2.00 bits per heavy atom. The Hall–Kier alpha value is -0.570. The molecule has 0 bridgehead atoms. The number of piperazine rings is 1. The first kappa shape index (κ1) is 10.5. The van der Waals surface area contributed by atoms with Gasteiger partial charge in [0.15, 0.2) is 0 Å². The van der Waals surface area contributed by atoms with Crippen molar-refractivity contribution in [2.24, 2.45) is 0 Å². The average Bonchev–Trinajstić information content (AvgIpc) is 2.08. The van der Waals surface area contributed by atoms with Crippen molar-refractivity contribution in [3.05, 3.63) is 0 Å². The summed E-state index contributed by atoms with van der Waals surface area (Å²) in [4.78, 5) is 16.0. The van der Waals surface area contributed by atoms with Crippen molar-refractivity contribution in [3.63, 3.8) is 0 Å². The summed E-state index contributed by atoms with van der Waals surface area (Å²) in [6.45, 7) is 8.87. The number of carbonyl (C=O) groups excluding carboxylic acids is 1. The number of nitrogens with zero attached hydrogens (tertiary/aromatic N) is 2. The summed E-state index contributed by atoms with van der Waals surface area (Å²) in [6, 6.07) is 0. The Kier molecular flexibility index (Phi) is 2.96. The summed E-state index contributed by atoms with van der Waals surface area (Å²) in [5.41, 5.74) is -0.312. The molecule has 13 heavy (non-hydrogen) atoms. The largest absolute Gasteiger partial charge is 0.340 e. The molecule has 0 saturated carbocycles. The van der Waals surface area contributed by atoms with E-state index in [0.717, 1.165) is 26.1 Å². The number of amides is 1. The van der Waals surface area contributed by atoms with Gasteiger partial charge in [0.1, 0.15) is 0 Å². The lowest BCUT2D eigenvalue weighted by molar-refractivity contribution is -0.147. The van der Waals surface area contributed by atoms with E-state index in [2.05, 4.69) is 11.8 Å². The summed E-state index contributed by atoms with van der Waals surface area (Å²) in [5.74, 6) is 0.267. The molecule has 1 aliphatic rings. The SMILES string of the molecule is CCCN1CCN(C)C(C)(C)C1=O. The van der Waals surface area contributed by atoms with E-state index in [9.17, 15) is 4.79 Å². The van der Waals surface area contributed by atoms with Gasteiger partial charge in [0.2, 0.25) is 5.91 Å². The normalized spacial score (nSPS) is 23.7. The summed E-state index contributed by atoms with van der Waals surface area (Å²) in [7, 11) is 2.02. The number of carbonyl (C=O) groups is 1. The maximum absolute atomic E-state index is 11.9. The van der Waals surface area contributed by atoms with E-state index in [-0.39, 0.29) is 11.4 Å². The molecule has 1 heterocycles. The van der Waals surface area contributed by atoms with Gasteiger partial charge in [-0.15, -0.1) is 0 Å². The topological polar surface area (TPSA) is 23.6 Å². The van der Waals surface area contributed by atoms with Crippen molar-refractivity contribution in [1.29, 1.82) is 0 Å². The third-order valence-electron chi connectivity index (χ3n) is 2.96. The maximum atomic E-state index is 11.9. The molecule has 0 aromatic carbocycles. The first-order chi connectivity index (χ1) is 6.00. The minimum absolute atomic E-state index is 0.267. The molecular weight excluding hydrogens is 164 g/mol. The Bertz CT molecular complexity index is 201. The lowest BCUT2D eigenvalue weighted by Gasteiger charge is -2.44. The monoisotopic (exact) mass is 184 g/mol. The molecular formula is C10H20N2O. The molecule has 1 aliphatic heterocycles. The van der Waals surface area contributed by atoms with Crippen LogP contribution in [-0.4, -0.2) is 47.9 Å². The molecule has 3 heteroatoms. The van der Waals surface area contributed by atoms with Crippen LogP contribution < -0.4 is 0 Å². The molecule has 1 saturated heterocycles. The maximum Gasteiger partial charge on any atom is 0.242 e. The molecule has 0 atom stereocenters. The van der Waals surface area contributed by atoms with Crippen molar-refractivity contribution >= 4 is 5.91 Å². The molecule has 1 fully saturated rings. The number of rotatable bonds is 2. The van der Waals surface area contributed by atoms with Gasteiger partial charge >= 0.3 is 0 Å². The van der Waals surface area contributed by atoms with Crippen LogP contribution in [0.25, 0.3) is 0 Å². The van der Waals surface area contributed by atoms with Crippen molar-refractivity contribution in [1.82, 2.24) is 9.80 Å². The highest BCUT2D eigenvalue weighted by Crippen LogP contribution is 2.20. The molecule has 0 aliphatic carbocycles. The predicted octanol–water partition coefficient (Wildman–Crippen LogP) is 0.949. The van der Waals surface area contributed by atoms with E-state index >= 15 is 0 Å². The minimum Gasteiger partial charge on any atom is -0.340 e. The Labute approximate surface area is 80.7 Å². The van der Waals surface area contributed by atoms with Crippen molar-refractivity contribution in [2.75, 3.05) is 26.7 Å². The van der Waals surface area contributed by atoms with Crippen LogP contribution in [0.4, 0.5) is 0 Å². The number of hydrogen-bond donors (Lipinski definition) is 0. The predicted molar refractivity (Wildman–Crippen MR) is 53.6 cm³/mol. The number of likely N-dealkylation sites (N-methyl/N-ethyl adjacent to an activating group) is 1. The zero-order chi connectivity index (χ0) is 10.1. The van der Waals surface area contributed by atoms with Gasteiger partial charge in [-0.25, -0.2) is 0 Å². The lowest BCUT2D eigenvalue weighted by atomic mass is 9.98. The molecule has 0 aromatic rings. The Morgan fingerprint density at radius 1 is 1.38 bits per heavy atom. The van der Waals surface area contributed by atoms with Crippen molar-refractivity contribution in [3.8, 4) is 0 Å². The zero-order valence-corrected chi connectivity index (χ0v) is 9.13. The molecule has 0 spiro atoms. The molecule has 0 radical (unpaired) electrons. The van der Waals surface area contributed by atoms with Crippen LogP contribution in [0, 0.1) is 0 Å². The van der Waals surface area contributed by atoms with Gasteiger partial charge in [-0.2, -0.15) is 0 Å². The average molecular weight is 184 g/mol. The van der Waals surface area contributed by atoms with Gasteiger partial charge in [-0.1, -0.05) is 6.92 Å². The summed E-state index contributed by atoms with van der Waals surface area (Å²) < 4.78 is 0. The first-order valence-corrected chi connectivity index (χ1v) is 5.00. The van der Waals surface area contributed by atoms with Gasteiger partial charge in [-0.3, -0.25) is 9.69 Å². The molecule has 0 aromatic heterocycles. The fraction of sp³-hybridized carbons (Fsp3) is 0.900. The van der Waals surface area contributed by atoms with E-state index < -0.39 is 0 Å². The van der Waals surface area contributed by atoms with Gasteiger partial charge in [0.05, 0.1) is 5.54 Å². The molecule has 76 valence electrons. The van der Waals surface area contributed by atoms with Crippen LogP contribution in [0.5, 0.6) is 0 Å². The van der Waals surface area contributed by atoms with Crippen molar-refractivity contribution < 1.29 is 4.79 Å². The van der Waals surface area contributed by atoms with Gasteiger partial charge in [-0.05, 0) is 27.3 Å². The molecule has 0 unspecified atom stereocenters. The van der Waals surface area contributed by atoms with Crippen LogP contribution in [0.15, 0.2) is 0 Å². The molecule has 1 amide bonds. The third-order valence-corrected chi connectivity index (χ3v) is 2.96. The van der Waals surface area contributed by atoms with E-state index in [0.29, 0.717) is 0 Å². The Morgan fingerprint density at radius 3 is 2.54 bits per heavy atom. The fourth-order valence-electron chi connectivity index (χ4n) is 1.69. The summed E-state index contributed by atoms with van der Waals surface area (Å²) >= 11 is 0. The highest BCUT2D eigenvalue weighted by Gasteiger charge is 2.38. The third kappa shape index (κ3) is 1.85. The molecule has 0 N–H and O–H groups in total. The van der Waals surface area contributed by atoms with Crippen LogP contribution in [0.1, 0.15) is 27.2 Å². The van der Waals surface area contributed by atoms with E-state index in [1.165, 1.54) is 0 Å². The van der Waals surface area contributed by atoms with E-state index in [1.54, 1.807) is 0 Å². The van der Waals surface area contributed by atoms with Crippen LogP contribution in [0.2, 0.25) is 0 Å². The highest BCUT2D eigenvalue weighted by molar-refractivity contribution is 5.86. The van der Waals surface area contributed by atoms with Crippen molar-refractivity contribution in [2.45, 2.75) is 32.7 Å². The zero-order valence-electron chi connectivity index (χ0n) is 9.13. The second kappa shape index (κ2) is 3.66. The van der Waals surface area contributed by atoms with Gasteiger partial charge in [0, 0.05) is 19.6 Å².